The van der Waals surface area contributed by atoms with Crippen molar-refractivity contribution in [3.63, 3.8) is 0 Å². The van der Waals surface area contributed by atoms with Crippen LogP contribution in [0.2, 0.25) is 0 Å². The summed E-state index contributed by atoms with van der Waals surface area (Å²) in [6, 6.07) is 0. The molecular formula is C10H14O3. The lowest BCUT2D eigenvalue weighted by Gasteiger charge is -2.20. The van der Waals surface area contributed by atoms with Gasteiger partial charge < -0.3 is 4.74 Å². The van der Waals surface area contributed by atoms with Gasteiger partial charge in [0, 0.05) is 0 Å². The summed E-state index contributed by atoms with van der Waals surface area (Å²) < 4.78 is 4.61. The van der Waals surface area contributed by atoms with Gasteiger partial charge in [0.25, 0.3) is 0 Å². The highest BCUT2D eigenvalue weighted by Crippen LogP contribution is 2.53. The Morgan fingerprint density at radius 3 is 2.31 bits per heavy atom. The first-order valence-corrected chi connectivity index (χ1v) is 4.69. The molecule has 1 saturated heterocycles. The van der Waals surface area contributed by atoms with Gasteiger partial charge in [-0.1, -0.05) is 13.8 Å². The lowest BCUT2D eigenvalue weighted by molar-refractivity contribution is -0.155. The maximum atomic E-state index is 11.5. The fourth-order valence-electron chi connectivity index (χ4n) is 2.59. The van der Waals surface area contributed by atoms with Gasteiger partial charge in [-0.25, -0.2) is 0 Å². The number of hydrogen-bond acceptors (Lipinski definition) is 3. The van der Waals surface area contributed by atoms with Crippen LogP contribution < -0.4 is 0 Å². The van der Waals surface area contributed by atoms with Crippen molar-refractivity contribution in [2.24, 2.45) is 10.8 Å². The minimum absolute atomic E-state index is 0.184. The zero-order chi connectivity index (χ0) is 9.69. The summed E-state index contributed by atoms with van der Waals surface area (Å²) in [4.78, 5) is 22.4. The molecule has 1 spiro atoms. The van der Waals surface area contributed by atoms with E-state index in [2.05, 4.69) is 18.6 Å². The molecule has 2 fully saturated rings. The Morgan fingerprint density at radius 1 is 1.23 bits per heavy atom. The number of ether oxygens (including phenoxy) is 1. The molecule has 0 aromatic carbocycles. The second-order valence-corrected chi connectivity index (χ2v) is 5.06. The molecule has 0 N–H and O–H groups in total. The van der Waals surface area contributed by atoms with E-state index in [0.29, 0.717) is 6.42 Å². The van der Waals surface area contributed by atoms with E-state index in [9.17, 15) is 9.59 Å². The second kappa shape index (κ2) is 2.34. The van der Waals surface area contributed by atoms with Gasteiger partial charge in [0.2, 0.25) is 0 Å². The van der Waals surface area contributed by atoms with E-state index < -0.39 is 5.41 Å². The van der Waals surface area contributed by atoms with E-state index in [0.717, 1.165) is 19.3 Å². The normalized spacial score (nSPS) is 37.1. The van der Waals surface area contributed by atoms with Crippen LogP contribution in [0.1, 0.15) is 39.5 Å². The minimum Gasteiger partial charge on any atom is -0.393 e. The van der Waals surface area contributed by atoms with Gasteiger partial charge in [0.15, 0.2) is 0 Å². The van der Waals surface area contributed by atoms with Crippen molar-refractivity contribution < 1.29 is 14.3 Å². The predicted molar refractivity (Wildman–Crippen MR) is 45.8 cm³/mol. The topological polar surface area (TPSA) is 43.4 Å². The third-order valence-corrected chi connectivity index (χ3v) is 3.22. The van der Waals surface area contributed by atoms with Gasteiger partial charge in [-0.15, -0.1) is 0 Å². The molecule has 3 nitrogen and oxygen atoms in total. The molecule has 0 amide bonds. The van der Waals surface area contributed by atoms with Crippen LogP contribution in [0.4, 0.5) is 0 Å². The quantitative estimate of drug-likeness (QED) is 0.422. The van der Waals surface area contributed by atoms with Crippen molar-refractivity contribution in [2.45, 2.75) is 39.5 Å². The monoisotopic (exact) mass is 182 g/mol. The summed E-state index contributed by atoms with van der Waals surface area (Å²) in [7, 11) is 0. The average molecular weight is 182 g/mol. The maximum Gasteiger partial charge on any atom is 0.320 e. The Labute approximate surface area is 77.4 Å². The Hall–Kier alpha value is -0.860. The van der Waals surface area contributed by atoms with Crippen LogP contribution in [-0.4, -0.2) is 11.9 Å². The fraction of sp³-hybridized carbons (Fsp3) is 0.800. The number of carbonyl (C=O) groups is 2. The summed E-state index contributed by atoms with van der Waals surface area (Å²) >= 11 is 0. The van der Waals surface area contributed by atoms with E-state index >= 15 is 0 Å². The molecule has 0 aromatic heterocycles. The van der Waals surface area contributed by atoms with Gasteiger partial charge in [-0.2, -0.15) is 0 Å². The first-order chi connectivity index (χ1) is 5.94. The standard InChI is InChI=1S/C10H14O3/c1-9(2)3-4-10(6-9)5-7(11)13-8(10)12/h3-6H2,1-2H3. The van der Waals surface area contributed by atoms with E-state index in [1.165, 1.54) is 0 Å². The molecular weight excluding hydrogens is 168 g/mol. The molecule has 13 heavy (non-hydrogen) atoms. The lowest BCUT2D eigenvalue weighted by Crippen LogP contribution is -2.24. The third kappa shape index (κ3) is 1.26. The van der Waals surface area contributed by atoms with Crippen molar-refractivity contribution in [1.82, 2.24) is 0 Å². The number of cyclic esters (lactones) is 2. The van der Waals surface area contributed by atoms with E-state index in [4.69, 9.17) is 0 Å². The Bertz CT molecular complexity index is 280. The number of esters is 2. The summed E-state index contributed by atoms with van der Waals surface area (Å²) in [6.45, 7) is 4.27. The third-order valence-electron chi connectivity index (χ3n) is 3.22. The second-order valence-electron chi connectivity index (χ2n) is 5.06. The molecule has 2 rings (SSSR count). The molecule has 1 saturated carbocycles. The Kier molecular flexibility index (Phi) is 1.57. The van der Waals surface area contributed by atoms with Crippen LogP contribution >= 0.6 is 0 Å². The highest BCUT2D eigenvalue weighted by molar-refractivity contribution is 5.97. The molecule has 1 aliphatic heterocycles. The first-order valence-electron chi connectivity index (χ1n) is 4.69. The Balaban J connectivity index is 2.24. The van der Waals surface area contributed by atoms with Gasteiger partial charge in [0.1, 0.15) is 0 Å². The summed E-state index contributed by atoms with van der Waals surface area (Å²) in [6.07, 6.45) is 2.92. The van der Waals surface area contributed by atoms with Crippen LogP contribution in [0.25, 0.3) is 0 Å². The zero-order valence-corrected chi connectivity index (χ0v) is 8.05. The van der Waals surface area contributed by atoms with Gasteiger partial charge in [-0.3, -0.25) is 9.59 Å². The zero-order valence-electron chi connectivity index (χ0n) is 8.05. The van der Waals surface area contributed by atoms with Gasteiger partial charge in [0.05, 0.1) is 11.8 Å². The van der Waals surface area contributed by atoms with Crippen LogP contribution in [-0.2, 0) is 14.3 Å². The van der Waals surface area contributed by atoms with Crippen molar-refractivity contribution >= 4 is 11.9 Å². The molecule has 3 heteroatoms. The van der Waals surface area contributed by atoms with E-state index in [1.807, 2.05) is 0 Å². The van der Waals surface area contributed by atoms with Crippen molar-refractivity contribution in [1.29, 1.82) is 0 Å². The lowest BCUT2D eigenvalue weighted by atomic mass is 9.80. The largest absolute Gasteiger partial charge is 0.393 e. The molecule has 1 aliphatic carbocycles. The van der Waals surface area contributed by atoms with Gasteiger partial charge >= 0.3 is 11.9 Å². The number of hydrogen-bond donors (Lipinski definition) is 0. The van der Waals surface area contributed by atoms with E-state index in [1.54, 1.807) is 0 Å². The summed E-state index contributed by atoms with van der Waals surface area (Å²) in [5.74, 6) is -0.634. The maximum absolute atomic E-state index is 11.5. The van der Waals surface area contributed by atoms with Crippen molar-refractivity contribution in [3.05, 3.63) is 0 Å². The summed E-state index contributed by atoms with van der Waals surface area (Å²) in [5, 5.41) is 0. The van der Waals surface area contributed by atoms with E-state index in [-0.39, 0.29) is 17.4 Å². The SMILES string of the molecule is CC1(C)CCC2(CC(=O)OC2=O)C1. The smallest absolute Gasteiger partial charge is 0.320 e. The molecule has 0 aromatic rings. The highest BCUT2D eigenvalue weighted by atomic mass is 16.6. The van der Waals surface area contributed by atoms with Crippen LogP contribution in [0.15, 0.2) is 0 Å². The number of rotatable bonds is 0. The van der Waals surface area contributed by atoms with Crippen LogP contribution in [0, 0.1) is 10.8 Å². The number of carbonyl (C=O) groups excluding carboxylic acids is 2. The first kappa shape index (κ1) is 8.73. The van der Waals surface area contributed by atoms with Crippen LogP contribution in [0.3, 0.4) is 0 Å². The minimum atomic E-state index is -0.458. The molecule has 0 bridgehead atoms. The molecule has 1 atom stereocenters. The molecule has 1 heterocycles. The van der Waals surface area contributed by atoms with Crippen molar-refractivity contribution in [3.8, 4) is 0 Å². The van der Waals surface area contributed by atoms with Gasteiger partial charge in [-0.05, 0) is 24.7 Å². The summed E-state index contributed by atoms with van der Waals surface area (Å²) in [5.41, 5.74) is -0.274. The average Bonchev–Trinajstić information content (AvgIpc) is 2.38. The molecule has 72 valence electrons. The molecule has 1 unspecified atom stereocenters. The highest BCUT2D eigenvalue weighted by Gasteiger charge is 2.55. The van der Waals surface area contributed by atoms with Crippen LogP contribution in [0.5, 0.6) is 0 Å². The molecule has 0 radical (unpaired) electrons. The van der Waals surface area contributed by atoms with Crippen molar-refractivity contribution in [2.75, 3.05) is 0 Å². The predicted octanol–water partition coefficient (Wildman–Crippen LogP) is 1.66. The molecule has 2 aliphatic rings. The fourth-order valence-corrected chi connectivity index (χ4v) is 2.59. The Morgan fingerprint density at radius 2 is 1.92 bits per heavy atom.